The van der Waals surface area contributed by atoms with E-state index in [2.05, 4.69) is 144 Å². The highest BCUT2D eigenvalue weighted by Crippen LogP contribution is 2.44. The van der Waals surface area contributed by atoms with E-state index < -0.39 is 15.8 Å². The van der Waals surface area contributed by atoms with E-state index in [4.69, 9.17) is 0 Å². The summed E-state index contributed by atoms with van der Waals surface area (Å²) in [5, 5.41) is 14.0. The second-order valence-electron chi connectivity index (χ2n) is 8.33. The first-order chi connectivity index (χ1) is 17.9. The Morgan fingerprint density at radius 3 is 1.31 bits per heavy atom. The molecule has 2 aromatic heterocycles. The molecule has 36 heavy (non-hydrogen) atoms. The molecule has 0 amide bonds. The highest BCUT2D eigenvalue weighted by Gasteiger charge is 2.29. The molecule has 0 N–H and O–H groups in total. The Bertz CT molecular complexity index is 1330. The summed E-state index contributed by atoms with van der Waals surface area (Å²) < 4.78 is 1.48. The van der Waals surface area contributed by atoms with Gasteiger partial charge in [0.1, 0.15) is 0 Å². The van der Waals surface area contributed by atoms with Gasteiger partial charge in [0.15, 0.2) is 0 Å². The van der Waals surface area contributed by atoms with Crippen molar-refractivity contribution in [2.24, 2.45) is 0 Å². The molecule has 0 radical (unpaired) electrons. The second kappa shape index (κ2) is 11.0. The van der Waals surface area contributed by atoms with Crippen LogP contribution in [-0.4, -0.2) is 0 Å². The van der Waals surface area contributed by atoms with Crippen molar-refractivity contribution in [3.8, 4) is 11.1 Å². The molecule has 0 fully saturated rings. The van der Waals surface area contributed by atoms with Gasteiger partial charge < -0.3 is 0 Å². The maximum atomic E-state index is 2.45. The fourth-order valence-corrected chi connectivity index (χ4v) is 12.2. The van der Waals surface area contributed by atoms with Crippen molar-refractivity contribution in [3.05, 3.63) is 144 Å². The fraction of sp³-hybridized carbons (Fsp3) is 0. The molecule has 0 unspecified atom stereocenters. The Labute approximate surface area is 223 Å². The van der Waals surface area contributed by atoms with Gasteiger partial charge in [-0.2, -0.15) is 11.3 Å². The molecular formula is C32H24P2S2. The minimum Gasteiger partial charge on any atom is -0.152 e. The van der Waals surface area contributed by atoms with E-state index in [0.717, 1.165) is 0 Å². The van der Waals surface area contributed by atoms with Gasteiger partial charge in [-0.3, -0.25) is 0 Å². The Balaban J connectivity index is 1.62. The summed E-state index contributed by atoms with van der Waals surface area (Å²) in [5.41, 5.74) is 2.77. The van der Waals surface area contributed by atoms with Crippen LogP contribution in [0.3, 0.4) is 0 Å². The Morgan fingerprint density at radius 1 is 0.444 bits per heavy atom. The van der Waals surface area contributed by atoms with Crippen LogP contribution in [0.15, 0.2) is 144 Å². The first-order valence-corrected chi connectivity index (χ1v) is 16.4. The Hall–Kier alpha value is -2.86. The van der Waals surface area contributed by atoms with Crippen LogP contribution in [0.25, 0.3) is 11.1 Å². The Kier molecular flexibility index (Phi) is 7.21. The zero-order valence-electron chi connectivity index (χ0n) is 19.6. The summed E-state index contributed by atoms with van der Waals surface area (Å²) in [7, 11) is -1.37. The largest absolute Gasteiger partial charge is 0.152 e. The number of rotatable bonds is 7. The van der Waals surface area contributed by atoms with E-state index in [9.17, 15) is 0 Å². The van der Waals surface area contributed by atoms with Crippen LogP contribution in [0.2, 0.25) is 0 Å². The van der Waals surface area contributed by atoms with Gasteiger partial charge in [-0.05, 0) is 59.5 Å². The van der Waals surface area contributed by atoms with Crippen LogP contribution in [-0.2, 0) is 0 Å². The van der Waals surface area contributed by atoms with Gasteiger partial charge in [-0.25, -0.2) is 0 Å². The molecule has 174 valence electrons. The normalized spacial score (nSPS) is 11.3. The lowest BCUT2D eigenvalue weighted by atomic mass is 10.2. The molecule has 2 heterocycles. The summed E-state index contributed by atoms with van der Waals surface area (Å²) >= 11 is 3.72. The summed E-state index contributed by atoms with van der Waals surface area (Å²) in [4.78, 5) is 0. The maximum absolute atomic E-state index is 2.45. The van der Waals surface area contributed by atoms with Crippen LogP contribution < -0.4 is 31.1 Å². The maximum Gasteiger partial charge on any atom is 0.0453 e. The van der Waals surface area contributed by atoms with Crippen molar-refractivity contribution in [2.45, 2.75) is 0 Å². The highest BCUT2D eigenvalue weighted by atomic mass is 32.1. The van der Waals surface area contributed by atoms with Crippen LogP contribution in [0, 0.1) is 0 Å². The molecular weight excluding hydrogens is 510 g/mol. The minimum absolute atomic E-state index is 0.680. The Morgan fingerprint density at radius 2 is 0.889 bits per heavy atom. The van der Waals surface area contributed by atoms with Crippen molar-refractivity contribution in [1.29, 1.82) is 0 Å². The van der Waals surface area contributed by atoms with Crippen molar-refractivity contribution in [3.63, 3.8) is 0 Å². The topological polar surface area (TPSA) is 0 Å². The molecule has 0 aliphatic rings. The molecule has 0 saturated heterocycles. The molecule has 0 saturated carbocycles. The second-order valence-corrected chi connectivity index (χ2v) is 14.6. The van der Waals surface area contributed by atoms with Crippen molar-refractivity contribution in [2.75, 3.05) is 0 Å². The quantitative estimate of drug-likeness (QED) is 0.194. The third kappa shape index (κ3) is 4.75. The van der Waals surface area contributed by atoms with E-state index in [0.29, 0.717) is 0 Å². The molecule has 0 nitrogen and oxygen atoms in total. The number of hydrogen-bond donors (Lipinski definition) is 0. The minimum atomic E-state index is -0.688. The molecule has 0 aliphatic heterocycles. The van der Waals surface area contributed by atoms with Crippen LogP contribution in [0.5, 0.6) is 0 Å². The first kappa shape index (κ1) is 23.5. The van der Waals surface area contributed by atoms with Gasteiger partial charge in [0.05, 0.1) is 0 Å². The van der Waals surface area contributed by atoms with E-state index in [1.54, 1.807) is 11.3 Å². The van der Waals surface area contributed by atoms with Gasteiger partial charge in [0, 0.05) is 20.9 Å². The van der Waals surface area contributed by atoms with Crippen molar-refractivity contribution < 1.29 is 0 Å². The average molecular weight is 535 g/mol. The lowest BCUT2D eigenvalue weighted by Crippen LogP contribution is -2.24. The van der Waals surface area contributed by atoms with Gasteiger partial charge in [-0.15, -0.1) is 11.3 Å². The van der Waals surface area contributed by atoms with Gasteiger partial charge in [0.25, 0.3) is 0 Å². The highest BCUT2D eigenvalue weighted by molar-refractivity contribution is 7.85. The zero-order valence-corrected chi connectivity index (χ0v) is 23.0. The number of hydrogen-bond acceptors (Lipinski definition) is 2. The van der Waals surface area contributed by atoms with Crippen LogP contribution >= 0.6 is 38.5 Å². The van der Waals surface area contributed by atoms with Crippen molar-refractivity contribution in [1.82, 2.24) is 0 Å². The first-order valence-electron chi connectivity index (χ1n) is 11.8. The summed E-state index contributed by atoms with van der Waals surface area (Å²) in [6, 6.07) is 46.5. The van der Waals surface area contributed by atoms with E-state index in [1.807, 2.05) is 11.3 Å². The fourth-order valence-electron chi connectivity index (χ4n) is 4.47. The van der Waals surface area contributed by atoms with Crippen LogP contribution in [0.1, 0.15) is 0 Å². The van der Waals surface area contributed by atoms with E-state index >= 15 is 0 Å². The zero-order chi connectivity index (χ0) is 24.2. The van der Waals surface area contributed by atoms with Gasteiger partial charge >= 0.3 is 0 Å². The monoisotopic (exact) mass is 534 g/mol. The lowest BCUT2D eigenvalue weighted by molar-refractivity contribution is 1.75. The molecule has 4 aromatic carbocycles. The smallest absolute Gasteiger partial charge is 0.0453 e. The summed E-state index contributed by atoms with van der Waals surface area (Å²) in [6.07, 6.45) is 0. The summed E-state index contributed by atoms with van der Waals surface area (Å²) in [5.74, 6) is 0. The predicted octanol–water partition coefficient (Wildman–Crippen LogP) is 6.99. The molecule has 0 bridgehead atoms. The molecule has 6 aromatic rings. The average Bonchev–Trinajstić information content (AvgIpc) is 3.62. The van der Waals surface area contributed by atoms with E-state index in [-0.39, 0.29) is 0 Å². The summed E-state index contributed by atoms with van der Waals surface area (Å²) in [6.45, 7) is 0. The van der Waals surface area contributed by atoms with Gasteiger partial charge in [-0.1, -0.05) is 121 Å². The predicted molar refractivity (Wildman–Crippen MR) is 165 cm³/mol. The van der Waals surface area contributed by atoms with Crippen molar-refractivity contribution >= 4 is 69.7 Å². The molecule has 0 spiro atoms. The molecule has 0 aliphatic carbocycles. The van der Waals surface area contributed by atoms with Gasteiger partial charge in [0.2, 0.25) is 0 Å². The number of benzene rings is 4. The lowest BCUT2D eigenvalue weighted by Gasteiger charge is -2.23. The third-order valence-corrected chi connectivity index (χ3v) is 13.3. The van der Waals surface area contributed by atoms with E-state index in [1.165, 1.54) is 42.3 Å². The standard InChI is InChI=1S/C32H24P2S2/c1-5-13-26(14-6-1)33(27-15-7-2-8-16-27)30-24-36-32(31(30)25-21-22-35-23-25)34(28-17-9-3-10-18-28)29-19-11-4-12-20-29/h1-24H. The SMILES string of the molecule is c1ccc(P(c2ccccc2)c2csc(P(c3ccccc3)c3ccccc3)c2-c2ccsc2)cc1. The van der Waals surface area contributed by atoms with Crippen LogP contribution in [0.4, 0.5) is 0 Å². The molecule has 4 heteroatoms. The number of thiophene rings is 2. The molecule has 0 atom stereocenters. The third-order valence-electron chi connectivity index (χ3n) is 6.06. The molecule has 6 rings (SSSR count).